The Morgan fingerprint density at radius 2 is 1.80 bits per heavy atom. The van der Waals surface area contributed by atoms with Gasteiger partial charge in [-0.05, 0) is 44.4 Å². The van der Waals surface area contributed by atoms with Crippen molar-refractivity contribution in [2.24, 2.45) is 7.05 Å². The summed E-state index contributed by atoms with van der Waals surface area (Å²) in [5.74, 6) is 0.0828. The van der Waals surface area contributed by atoms with Crippen molar-refractivity contribution < 1.29 is 19.1 Å². The third-order valence-corrected chi connectivity index (χ3v) is 7.32. The second kappa shape index (κ2) is 13.9. The molecule has 5 aromatic rings. The number of hydrogen-bond acceptors (Lipinski definition) is 10. The van der Waals surface area contributed by atoms with Crippen molar-refractivity contribution in [1.82, 2.24) is 24.4 Å². The van der Waals surface area contributed by atoms with Gasteiger partial charge in [-0.1, -0.05) is 24.8 Å². The predicted molar refractivity (Wildman–Crippen MR) is 180 cm³/mol. The Labute approximate surface area is 267 Å². The van der Waals surface area contributed by atoms with Crippen LogP contribution in [0.4, 0.5) is 23.0 Å². The number of nitrogens with zero attached hydrogens (tertiary/aromatic N) is 6. The van der Waals surface area contributed by atoms with Gasteiger partial charge in [0.2, 0.25) is 11.9 Å². The first-order chi connectivity index (χ1) is 22.2. The number of pyridine rings is 1. The van der Waals surface area contributed by atoms with Crippen LogP contribution in [0.15, 0.2) is 86.0 Å². The molecule has 0 radical (unpaired) electrons. The molecule has 0 saturated heterocycles. The average Bonchev–Trinajstić information content (AvgIpc) is 3.40. The number of likely N-dealkylation sites (N-methyl/N-ethyl adjacent to an activating group) is 2. The summed E-state index contributed by atoms with van der Waals surface area (Å²) >= 11 is 0. The van der Waals surface area contributed by atoms with Gasteiger partial charge in [-0.15, -0.1) is 0 Å². The van der Waals surface area contributed by atoms with Crippen molar-refractivity contribution in [3.8, 4) is 22.8 Å². The fraction of sp³-hybridized carbons (Fsp3) is 0.206. The number of benzene rings is 2. The van der Waals surface area contributed by atoms with Gasteiger partial charge in [0.05, 0.1) is 29.9 Å². The SMILES string of the molecule is C=CC(=O)Nc1cc(Nc2ncc(C(=O)Oc3ccncc3)c(-c3cn(C)c4ccccc34)n2)c(OC)cc1N(C)CCN(C)C. The average molecular weight is 621 g/mol. The van der Waals surface area contributed by atoms with Crippen LogP contribution in [0.5, 0.6) is 11.5 Å². The van der Waals surface area contributed by atoms with Gasteiger partial charge >= 0.3 is 5.97 Å². The molecule has 46 heavy (non-hydrogen) atoms. The fourth-order valence-electron chi connectivity index (χ4n) is 4.92. The topological polar surface area (TPSA) is 127 Å². The molecule has 236 valence electrons. The summed E-state index contributed by atoms with van der Waals surface area (Å²) < 4.78 is 13.4. The largest absolute Gasteiger partial charge is 0.494 e. The predicted octanol–water partition coefficient (Wildman–Crippen LogP) is 5.12. The van der Waals surface area contributed by atoms with Crippen molar-refractivity contribution in [2.75, 3.05) is 56.9 Å². The minimum absolute atomic E-state index is 0.183. The maximum absolute atomic E-state index is 13.5. The summed E-state index contributed by atoms with van der Waals surface area (Å²) in [6.07, 6.45) is 7.66. The Morgan fingerprint density at radius 1 is 1.04 bits per heavy atom. The van der Waals surface area contributed by atoms with E-state index in [1.807, 2.05) is 74.2 Å². The van der Waals surface area contributed by atoms with Gasteiger partial charge in [0.1, 0.15) is 17.1 Å². The summed E-state index contributed by atoms with van der Waals surface area (Å²) in [6, 6.07) is 14.6. The van der Waals surface area contributed by atoms with Crippen molar-refractivity contribution >= 4 is 45.8 Å². The summed E-state index contributed by atoms with van der Waals surface area (Å²) in [6.45, 7) is 5.09. The normalized spacial score (nSPS) is 10.9. The maximum atomic E-state index is 13.5. The first-order valence-electron chi connectivity index (χ1n) is 14.5. The molecule has 3 heterocycles. The van der Waals surface area contributed by atoms with Crippen LogP contribution in [0.25, 0.3) is 22.2 Å². The van der Waals surface area contributed by atoms with Crippen molar-refractivity contribution in [2.45, 2.75) is 0 Å². The number of ether oxygens (including phenoxy) is 2. The molecule has 2 aromatic carbocycles. The first-order valence-corrected chi connectivity index (χ1v) is 14.5. The third-order valence-electron chi connectivity index (χ3n) is 7.32. The summed E-state index contributed by atoms with van der Waals surface area (Å²) in [5, 5.41) is 7.04. The van der Waals surface area contributed by atoms with Gasteiger partial charge in [-0.3, -0.25) is 9.78 Å². The number of carbonyl (C=O) groups excluding carboxylic acids is 2. The molecule has 0 fully saturated rings. The van der Waals surface area contributed by atoms with E-state index >= 15 is 0 Å². The minimum Gasteiger partial charge on any atom is -0.494 e. The molecule has 0 aliphatic rings. The minimum atomic E-state index is -0.613. The number of carbonyl (C=O) groups is 2. The summed E-state index contributed by atoms with van der Waals surface area (Å²) in [4.78, 5) is 43.3. The van der Waals surface area contributed by atoms with Gasteiger partial charge in [0.25, 0.3) is 0 Å². The molecule has 12 nitrogen and oxygen atoms in total. The zero-order valence-electron chi connectivity index (χ0n) is 26.4. The number of esters is 1. The van der Waals surface area contributed by atoms with Crippen LogP contribution >= 0.6 is 0 Å². The molecule has 0 saturated carbocycles. The number of rotatable bonds is 12. The molecule has 0 aliphatic heterocycles. The number of anilines is 4. The van der Waals surface area contributed by atoms with Crippen LogP contribution in [0.1, 0.15) is 10.4 Å². The van der Waals surface area contributed by atoms with Gasteiger partial charge < -0.3 is 34.5 Å². The lowest BCUT2D eigenvalue weighted by atomic mass is 10.1. The summed E-state index contributed by atoms with van der Waals surface area (Å²) in [7, 11) is 9.43. The van der Waals surface area contributed by atoms with E-state index in [0.717, 1.165) is 28.7 Å². The monoisotopic (exact) mass is 620 g/mol. The van der Waals surface area contributed by atoms with Crippen LogP contribution in [-0.2, 0) is 11.8 Å². The van der Waals surface area contributed by atoms with E-state index in [9.17, 15) is 9.59 Å². The number of amides is 1. The van der Waals surface area contributed by atoms with E-state index in [2.05, 4.69) is 32.1 Å². The van der Waals surface area contributed by atoms with Gasteiger partial charge in [0.15, 0.2) is 0 Å². The number of aryl methyl sites for hydroxylation is 1. The van der Waals surface area contributed by atoms with Crippen LogP contribution in [0.3, 0.4) is 0 Å². The number of hydrogen-bond donors (Lipinski definition) is 2. The zero-order valence-corrected chi connectivity index (χ0v) is 26.4. The molecule has 12 heteroatoms. The highest BCUT2D eigenvalue weighted by molar-refractivity contribution is 6.04. The Hall–Kier alpha value is -5.75. The molecule has 0 spiro atoms. The second-order valence-electron chi connectivity index (χ2n) is 10.8. The number of para-hydroxylation sites is 1. The van der Waals surface area contributed by atoms with Gasteiger partial charge in [0, 0.05) is 74.5 Å². The standard InChI is InChI=1S/C34H36N8O4/c1-7-31(43)37-26-18-27(30(45-6)19-29(26)41(4)17-16-40(2)3)38-34-36-20-24(33(44)46-22-12-14-35-15-13-22)32(39-34)25-21-42(5)28-11-9-8-10-23(25)28/h7-15,18-21H,1,16-17H2,2-6H3,(H,37,43)(H,36,38,39). The van der Waals surface area contributed by atoms with Crippen LogP contribution in [-0.4, -0.2) is 77.6 Å². The van der Waals surface area contributed by atoms with Crippen molar-refractivity contribution in [1.29, 1.82) is 0 Å². The molecule has 3 aromatic heterocycles. The molecule has 2 N–H and O–H groups in total. The Morgan fingerprint density at radius 3 is 2.52 bits per heavy atom. The van der Waals surface area contributed by atoms with Crippen LogP contribution < -0.4 is 25.0 Å². The highest BCUT2D eigenvalue weighted by Gasteiger charge is 2.23. The van der Waals surface area contributed by atoms with Crippen molar-refractivity contribution in [3.05, 3.63) is 91.5 Å². The molecule has 0 atom stereocenters. The zero-order chi connectivity index (χ0) is 32.8. The quantitative estimate of drug-likeness (QED) is 0.143. The second-order valence-corrected chi connectivity index (χ2v) is 10.8. The molecule has 5 rings (SSSR count). The van der Waals surface area contributed by atoms with Crippen LogP contribution in [0, 0.1) is 0 Å². The van der Waals surface area contributed by atoms with Gasteiger partial charge in [-0.25, -0.2) is 14.8 Å². The molecule has 0 aliphatic carbocycles. The lowest BCUT2D eigenvalue weighted by Crippen LogP contribution is -2.29. The highest BCUT2D eigenvalue weighted by Crippen LogP contribution is 2.39. The Bertz CT molecular complexity index is 1890. The highest BCUT2D eigenvalue weighted by atomic mass is 16.5. The van der Waals surface area contributed by atoms with Crippen LogP contribution in [0.2, 0.25) is 0 Å². The Kier molecular flexibility index (Phi) is 9.58. The molecular weight excluding hydrogens is 584 g/mol. The van der Waals surface area contributed by atoms with E-state index in [0.29, 0.717) is 35.1 Å². The number of nitrogens with one attached hydrogen (secondary N) is 2. The summed E-state index contributed by atoms with van der Waals surface area (Å²) in [5.41, 5.74) is 4.07. The maximum Gasteiger partial charge on any atom is 0.347 e. The van der Waals surface area contributed by atoms with E-state index in [-0.39, 0.29) is 17.4 Å². The van der Waals surface area contributed by atoms with Crippen molar-refractivity contribution in [3.63, 3.8) is 0 Å². The first kappa shape index (κ1) is 31.7. The number of methoxy groups -OCH3 is 1. The van der Waals surface area contributed by atoms with E-state index in [1.54, 1.807) is 37.7 Å². The lowest BCUT2D eigenvalue weighted by molar-refractivity contribution is -0.111. The Balaban J connectivity index is 1.59. The molecule has 0 unspecified atom stereocenters. The lowest BCUT2D eigenvalue weighted by Gasteiger charge is -2.26. The van der Waals surface area contributed by atoms with Gasteiger partial charge in [-0.2, -0.15) is 0 Å². The van der Waals surface area contributed by atoms with E-state index in [4.69, 9.17) is 14.5 Å². The number of aromatic nitrogens is 4. The van der Waals surface area contributed by atoms with E-state index < -0.39 is 5.97 Å². The molecule has 0 bridgehead atoms. The molecular formula is C34H36N8O4. The third kappa shape index (κ3) is 6.97. The van der Waals surface area contributed by atoms with E-state index in [1.165, 1.54) is 12.3 Å². The molecule has 1 amide bonds. The number of fused-ring (bicyclic) bond motifs is 1. The smallest absolute Gasteiger partial charge is 0.347 e. The fourth-order valence-corrected chi connectivity index (χ4v) is 4.92.